The zero-order chi connectivity index (χ0) is 14.0. The fourth-order valence-electron chi connectivity index (χ4n) is 1.99. The van der Waals surface area contributed by atoms with Crippen LogP contribution in [0.25, 0.3) is 11.1 Å². The monoisotopic (exact) mass is 260 g/mol. The first-order valence-corrected chi connectivity index (χ1v) is 6.09. The van der Waals surface area contributed by atoms with E-state index in [9.17, 15) is 13.6 Å². The van der Waals surface area contributed by atoms with Gasteiger partial charge in [0.15, 0.2) is 5.43 Å². The van der Waals surface area contributed by atoms with E-state index in [1.807, 2.05) is 13.8 Å². The average Bonchev–Trinajstić information content (AvgIpc) is 2.52. The van der Waals surface area contributed by atoms with Crippen LogP contribution in [-0.2, 0) is 0 Å². The minimum Gasteiger partial charge on any atom is -0.289 e. The zero-order valence-electron chi connectivity index (χ0n) is 10.8. The summed E-state index contributed by atoms with van der Waals surface area (Å²) in [6.07, 6.45) is 0. The van der Waals surface area contributed by atoms with Crippen molar-refractivity contribution in [1.82, 2.24) is 0 Å². The minimum absolute atomic E-state index is 0.0437. The summed E-state index contributed by atoms with van der Waals surface area (Å²) < 4.78 is 26.7. The number of benzene rings is 1. The van der Waals surface area contributed by atoms with Crippen LogP contribution in [0.4, 0.5) is 8.78 Å². The van der Waals surface area contributed by atoms with Crippen LogP contribution < -0.4 is 5.43 Å². The van der Waals surface area contributed by atoms with Gasteiger partial charge >= 0.3 is 0 Å². The zero-order valence-corrected chi connectivity index (χ0v) is 10.8. The third kappa shape index (κ3) is 2.70. The van der Waals surface area contributed by atoms with Crippen LogP contribution in [-0.4, -0.2) is 0 Å². The second-order valence-corrected chi connectivity index (χ2v) is 4.70. The van der Waals surface area contributed by atoms with Crippen LogP contribution in [0, 0.1) is 11.6 Å². The largest absolute Gasteiger partial charge is 0.289 e. The molecule has 98 valence electrons. The van der Waals surface area contributed by atoms with Crippen LogP contribution in [0.15, 0.2) is 47.3 Å². The van der Waals surface area contributed by atoms with E-state index in [0.717, 1.165) is 12.1 Å². The molecule has 0 N–H and O–H groups in total. The van der Waals surface area contributed by atoms with Crippen LogP contribution >= 0.6 is 0 Å². The summed E-state index contributed by atoms with van der Waals surface area (Å²) in [5.41, 5.74) is 0.782. The van der Waals surface area contributed by atoms with Crippen molar-refractivity contribution < 1.29 is 8.78 Å². The van der Waals surface area contributed by atoms with Gasteiger partial charge in [0.1, 0.15) is 11.6 Å². The van der Waals surface area contributed by atoms with E-state index in [2.05, 4.69) is 0 Å². The van der Waals surface area contributed by atoms with Crippen molar-refractivity contribution in [3.8, 4) is 11.1 Å². The van der Waals surface area contributed by atoms with Crippen molar-refractivity contribution in [3.05, 3.63) is 69.9 Å². The van der Waals surface area contributed by atoms with Crippen molar-refractivity contribution in [2.75, 3.05) is 0 Å². The van der Waals surface area contributed by atoms with Gasteiger partial charge in [-0.15, -0.1) is 0 Å². The Balaban J connectivity index is 2.73. The molecule has 0 aromatic heterocycles. The van der Waals surface area contributed by atoms with Crippen molar-refractivity contribution in [2.45, 2.75) is 19.8 Å². The SMILES string of the molecule is CC(C)c1ccccc(-c2ccc(F)cc2F)c1=O. The van der Waals surface area contributed by atoms with Crippen LogP contribution in [0.1, 0.15) is 25.3 Å². The Labute approximate surface area is 110 Å². The van der Waals surface area contributed by atoms with Crippen LogP contribution in [0.3, 0.4) is 0 Å². The highest BCUT2D eigenvalue weighted by Gasteiger charge is 2.12. The summed E-state index contributed by atoms with van der Waals surface area (Å²) in [6, 6.07) is 9.97. The molecule has 0 aliphatic rings. The van der Waals surface area contributed by atoms with E-state index in [-0.39, 0.29) is 22.5 Å². The molecule has 19 heavy (non-hydrogen) atoms. The lowest BCUT2D eigenvalue weighted by Gasteiger charge is -2.04. The van der Waals surface area contributed by atoms with Crippen molar-refractivity contribution >= 4 is 0 Å². The Morgan fingerprint density at radius 1 is 0.947 bits per heavy atom. The van der Waals surface area contributed by atoms with E-state index >= 15 is 0 Å². The molecular formula is C16H14F2O. The Morgan fingerprint density at radius 2 is 1.63 bits per heavy atom. The van der Waals surface area contributed by atoms with Gasteiger partial charge in [-0.3, -0.25) is 4.79 Å². The van der Waals surface area contributed by atoms with Gasteiger partial charge in [-0.25, -0.2) is 8.78 Å². The number of rotatable bonds is 2. The standard InChI is InChI=1S/C16H14F2O/c1-10(2)12-5-3-4-6-14(16(12)19)13-8-7-11(17)9-15(13)18/h3-10H,1-2H3. The second-order valence-electron chi connectivity index (χ2n) is 4.70. The summed E-state index contributed by atoms with van der Waals surface area (Å²) in [5.74, 6) is -1.33. The fourth-order valence-corrected chi connectivity index (χ4v) is 1.99. The smallest absolute Gasteiger partial charge is 0.189 e. The molecule has 0 aliphatic carbocycles. The molecule has 0 fully saturated rings. The van der Waals surface area contributed by atoms with Crippen LogP contribution in [0.5, 0.6) is 0 Å². The number of hydrogen-bond donors (Lipinski definition) is 0. The lowest BCUT2D eigenvalue weighted by atomic mass is 10.00. The summed E-state index contributed by atoms with van der Waals surface area (Å²) in [4.78, 5) is 12.4. The van der Waals surface area contributed by atoms with Gasteiger partial charge in [-0.05, 0) is 18.1 Å². The molecule has 0 bridgehead atoms. The molecule has 3 heteroatoms. The van der Waals surface area contributed by atoms with E-state index in [1.54, 1.807) is 24.3 Å². The van der Waals surface area contributed by atoms with Crippen molar-refractivity contribution in [2.24, 2.45) is 0 Å². The normalized spacial score (nSPS) is 10.8. The molecule has 0 radical (unpaired) electrons. The molecular weight excluding hydrogens is 246 g/mol. The third-order valence-electron chi connectivity index (χ3n) is 3.00. The molecule has 2 aromatic carbocycles. The maximum absolute atomic E-state index is 13.8. The van der Waals surface area contributed by atoms with Gasteiger partial charge in [0.05, 0.1) is 0 Å². The molecule has 1 nitrogen and oxygen atoms in total. The third-order valence-corrected chi connectivity index (χ3v) is 3.00. The van der Waals surface area contributed by atoms with E-state index in [0.29, 0.717) is 5.56 Å². The Kier molecular flexibility index (Phi) is 3.74. The Bertz CT molecular complexity index is 663. The first-order valence-electron chi connectivity index (χ1n) is 6.09. The average molecular weight is 260 g/mol. The molecule has 0 atom stereocenters. The predicted octanol–water partition coefficient (Wildman–Crippen LogP) is 4.12. The Hall–Kier alpha value is -2.03. The highest BCUT2D eigenvalue weighted by molar-refractivity contribution is 5.64. The second kappa shape index (κ2) is 5.31. The molecule has 0 heterocycles. The quantitative estimate of drug-likeness (QED) is 0.794. The van der Waals surface area contributed by atoms with Gasteiger partial charge < -0.3 is 0 Å². The molecule has 0 amide bonds. The number of hydrogen-bond acceptors (Lipinski definition) is 1. The summed E-state index contributed by atoms with van der Waals surface area (Å²) >= 11 is 0. The van der Waals surface area contributed by atoms with Crippen molar-refractivity contribution in [3.63, 3.8) is 0 Å². The maximum Gasteiger partial charge on any atom is 0.189 e. The van der Waals surface area contributed by atoms with Gasteiger partial charge in [-0.2, -0.15) is 0 Å². The summed E-state index contributed by atoms with van der Waals surface area (Å²) in [7, 11) is 0. The molecule has 0 saturated heterocycles. The van der Waals surface area contributed by atoms with E-state index < -0.39 is 11.6 Å². The Morgan fingerprint density at radius 3 is 2.26 bits per heavy atom. The minimum atomic E-state index is -0.724. The van der Waals surface area contributed by atoms with E-state index in [4.69, 9.17) is 0 Å². The number of halogens is 2. The topological polar surface area (TPSA) is 17.1 Å². The van der Waals surface area contributed by atoms with Crippen molar-refractivity contribution in [1.29, 1.82) is 0 Å². The first kappa shape index (κ1) is 13.4. The first-order chi connectivity index (χ1) is 9.00. The predicted molar refractivity (Wildman–Crippen MR) is 72.2 cm³/mol. The van der Waals surface area contributed by atoms with Crippen LogP contribution in [0.2, 0.25) is 0 Å². The maximum atomic E-state index is 13.8. The van der Waals surface area contributed by atoms with Gasteiger partial charge in [-0.1, -0.05) is 38.1 Å². The molecule has 0 spiro atoms. The summed E-state index contributed by atoms with van der Waals surface area (Å²) in [6.45, 7) is 3.81. The molecule has 0 unspecified atom stereocenters. The fraction of sp³-hybridized carbons (Fsp3) is 0.188. The van der Waals surface area contributed by atoms with Gasteiger partial charge in [0.2, 0.25) is 0 Å². The highest BCUT2D eigenvalue weighted by atomic mass is 19.1. The molecule has 2 aromatic rings. The molecule has 0 aliphatic heterocycles. The lowest BCUT2D eigenvalue weighted by Crippen LogP contribution is -2.10. The molecule has 0 saturated carbocycles. The highest BCUT2D eigenvalue weighted by Crippen LogP contribution is 2.21. The molecule has 2 rings (SSSR count). The van der Waals surface area contributed by atoms with Gasteiger partial charge in [0, 0.05) is 22.8 Å². The lowest BCUT2D eigenvalue weighted by molar-refractivity contribution is 0.585. The van der Waals surface area contributed by atoms with Gasteiger partial charge in [0.25, 0.3) is 0 Å². The summed E-state index contributed by atoms with van der Waals surface area (Å²) in [5, 5.41) is 0. The van der Waals surface area contributed by atoms with E-state index in [1.165, 1.54) is 6.07 Å².